The van der Waals surface area contributed by atoms with Crippen LogP contribution in [0.15, 0.2) is 24.3 Å². The molecule has 1 aromatic carbocycles. The van der Waals surface area contributed by atoms with Crippen molar-refractivity contribution in [1.29, 1.82) is 0 Å². The van der Waals surface area contributed by atoms with Gasteiger partial charge >= 0.3 is 6.09 Å². The minimum atomic E-state index is -0.533. The molecule has 1 aromatic rings. The molecule has 7 heteroatoms. The number of rotatable bonds is 4. The zero-order valence-corrected chi connectivity index (χ0v) is 18.8. The maximum absolute atomic E-state index is 12.7. The van der Waals surface area contributed by atoms with Crippen LogP contribution in [0.3, 0.4) is 0 Å². The van der Waals surface area contributed by atoms with Crippen molar-refractivity contribution in [3.8, 4) is 0 Å². The van der Waals surface area contributed by atoms with Crippen molar-refractivity contribution >= 4 is 17.7 Å². The topological polar surface area (TPSA) is 65.1 Å². The minimum Gasteiger partial charge on any atom is -0.444 e. The van der Waals surface area contributed by atoms with E-state index in [2.05, 4.69) is 28.2 Å². The first-order valence-corrected chi connectivity index (χ1v) is 11.0. The van der Waals surface area contributed by atoms with E-state index in [9.17, 15) is 9.59 Å². The van der Waals surface area contributed by atoms with E-state index in [1.807, 2.05) is 43.9 Å². The third-order valence-corrected chi connectivity index (χ3v) is 5.84. The van der Waals surface area contributed by atoms with Crippen LogP contribution in [-0.2, 0) is 9.53 Å². The lowest BCUT2D eigenvalue weighted by Gasteiger charge is -2.36. The number of nitrogens with zero attached hydrogens (tertiary/aromatic N) is 3. The molecule has 0 atom stereocenters. The first-order chi connectivity index (χ1) is 14.2. The molecule has 2 fully saturated rings. The number of hydrogen-bond acceptors (Lipinski definition) is 5. The summed E-state index contributed by atoms with van der Waals surface area (Å²) in [6.45, 7) is 11.6. The highest BCUT2D eigenvalue weighted by Gasteiger charge is 2.27. The average Bonchev–Trinajstić information content (AvgIpc) is 2.69. The van der Waals surface area contributed by atoms with Crippen molar-refractivity contribution < 1.29 is 14.3 Å². The Morgan fingerprint density at radius 2 is 1.67 bits per heavy atom. The lowest BCUT2D eigenvalue weighted by molar-refractivity contribution is -0.133. The van der Waals surface area contributed by atoms with Gasteiger partial charge < -0.3 is 14.5 Å². The van der Waals surface area contributed by atoms with Crippen molar-refractivity contribution in [2.45, 2.75) is 45.1 Å². The zero-order chi connectivity index (χ0) is 21.7. The number of nitrogens with one attached hydrogen (secondary N) is 1. The molecule has 0 spiro atoms. The van der Waals surface area contributed by atoms with E-state index in [1.165, 1.54) is 0 Å². The average molecular weight is 417 g/mol. The van der Waals surface area contributed by atoms with E-state index >= 15 is 0 Å². The molecular weight excluding hydrogens is 380 g/mol. The summed E-state index contributed by atoms with van der Waals surface area (Å²) in [5, 5.41) is 2.90. The summed E-state index contributed by atoms with van der Waals surface area (Å²) in [6.07, 6.45) is 1.37. The molecule has 7 nitrogen and oxygen atoms in total. The number of piperazine rings is 1. The standard InChI is InChI=1S/C23H36N4O3/c1-23(2,3)30-22(29)24-20-8-6-5-7-19(20)18-9-11-27(12-10-18)21(28)17-26-15-13-25(4)14-16-26/h5-8,18H,9-17H2,1-4H3,(H,24,29). The monoisotopic (exact) mass is 416 g/mol. The number of likely N-dealkylation sites (N-methyl/N-ethyl adjacent to an activating group) is 1. The van der Waals surface area contributed by atoms with Gasteiger partial charge in [-0.3, -0.25) is 15.0 Å². The highest BCUT2D eigenvalue weighted by molar-refractivity contribution is 5.86. The second-order valence-corrected chi connectivity index (χ2v) is 9.45. The van der Waals surface area contributed by atoms with Crippen LogP contribution in [0.1, 0.15) is 45.1 Å². The summed E-state index contributed by atoms with van der Waals surface area (Å²) in [5.74, 6) is 0.557. The zero-order valence-electron chi connectivity index (χ0n) is 18.8. The van der Waals surface area contributed by atoms with Crippen molar-refractivity contribution in [2.75, 3.05) is 58.2 Å². The van der Waals surface area contributed by atoms with Crippen LogP contribution in [-0.4, -0.2) is 85.2 Å². The minimum absolute atomic E-state index is 0.234. The molecule has 2 saturated heterocycles. The fourth-order valence-corrected chi connectivity index (χ4v) is 4.12. The molecule has 2 amide bonds. The van der Waals surface area contributed by atoms with E-state index in [-0.39, 0.29) is 5.91 Å². The van der Waals surface area contributed by atoms with Crippen molar-refractivity contribution in [2.24, 2.45) is 0 Å². The summed E-state index contributed by atoms with van der Waals surface area (Å²) in [7, 11) is 2.12. The molecule has 0 radical (unpaired) electrons. The molecule has 1 N–H and O–H groups in total. The van der Waals surface area contributed by atoms with Gasteiger partial charge in [-0.2, -0.15) is 0 Å². The van der Waals surface area contributed by atoms with Gasteiger partial charge in [0.25, 0.3) is 0 Å². The highest BCUT2D eigenvalue weighted by atomic mass is 16.6. The van der Waals surface area contributed by atoms with Gasteiger partial charge in [0.2, 0.25) is 5.91 Å². The molecule has 0 aromatic heterocycles. The van der Waals surface area contributed by atoms with Crippen LogP contribution < -0.4 is 5.32 Å². The van der Waals surface area contributed by atoms with Crippen molar-refractivity contribution in [3.05, 3.63) is 29.8 Å². The Hall–Kier alpha value is -2.12. The summed E-state index contributed by atoms with van der Waals surface area (Å²) in [6, 6.07) is 7.91. The fraction of sp³-hybridized carbons (Fsp3) is 0.652. The van der Waals surface area contributed by atoms with Crippen LogP contribution in [0, 0.1) is 0 Å². The van der Waals surface area contributed by atoms with Gasteiger partial charge in [0, 0.05) is 45.0 Å². The molecule has 0 saturated carbocycles. The van der Waals surface area contributed by atoms with Gasteiger partial charge in [-0.1, -0.05) is 18.2 Å². The Bertz CT molecular complexity index is 730. The molecule has 0 aliphatic carbocycles. The molecule has 2 aliphatic rings. The van der Waals surface area contributed by atoms with Gasteiger partial charge in [0.1, 0.15) is 5.60 Å². The third-order valence-electron chi connectivity index (χ3n) is 5.84. The maximum atomic E-state index is 12.7. The molecule has 2 heterocycles. The summed E-state index contributed by atoms with van der Waals surface area (Å²) in [4.78, 5) is 31.5. The Kier molecular flexibility index (Phi) is 7.36. The second-order valence-electron chi connectivity index (χ2n) is 9.45. The lowest BCUT2D eigenvalue weighted by Crippen LogP contribution is -2.50. The van der Waals surface area contributed by atoms with Crippen molar-refractivity contribution in [3.63, 3.8) is 0 Å². The second kappa shape index (κ2) is 9.79. The fourth-order valence-electron chi connectivity index (χ4n) is 4.12. The third kappa shape index (κ3) is 6.44. The van der Waals surface area contributed by atoms with E-state index < -0.39 is 11.7 Å². The number of para-hydroxylation sites is 1. The normalized spacial score (nSPS) is 19.5. The summed E-state index contributed by atoms with van der Waals surface area (Å²) >= 11 is 0. The van der Waals surface area contributed by atoms with Gasteiger partial charge in [-0.05, 0) is 58.2 Å². The van der Waals surface area contributed by atoms with E-state index in [0.717, 1.165) is 63.4 Å². The largest absolute Gasteiger partial charge is 0.444 e. The summed E-state index contributed by atoms with van der Waals surface area (Å²) in [5.41, 5.74) is 1.39. The number of benzene rings is 1. The number of carbonyl (C=O) groups is 2. The molecule has 166 valence electrons. The summed E-state index contributed by atoms with van der Waals surface area (Å²) < 4.78 is 5.40. The number of amides is 2. The molecule has 0 bridgehead atoms. The van der Waals surface area contributed by atoms with Gasteiger partial charge in [0.15, 0.2) is 0 Å². The van der Waals surface area contributed by atoms with Gasteiger partial charge in [0.05, 0.1) is 6.54 Å². The Balaban J connectivity index is 1.53. The smallest absolute Gasteiger partial charge is 0.412 e. The number of piperidine rings is 1. The van der Waals surface area contributed by atoms with Crippen molar-refractivity contribution in [1.82, 2.24) is 14.7 Å². The molecule has 0 unspecified atom stereocenters. The van der Waals surface area contributed by atoms with Crippen LogP contribution >= 0.6 is 0 Å². The lowest BCUT2D eigenvalue weighted by atomic mass is 9.88. The molecule has 2 aliphatic heterocycles. The van der Waals surface area contributed by atoms with Crippen LogP contribution in [0.4, 0.5) is 10.5 Å². The molecular formula is C23H36N4O3. The first kappa shape index (κ1) is 22.6. The Labute approximate surface area is 180 Å². The number of ether oxygens (including phenoxy) is 1. The Morgan fingerprint density at radius 1 is 1.03 bits per heavy atom. The van der Waals surface area contributed by atoms with Crippen LogP contribution in [0.25, 0.3) is 0 Å². The van der Waals surface area contributed by atoms with Crippen LogP contribution in [0.5, 0.6) is 0 Å². The Morgan fingerprint density at radius 3 is 2.30 bits per heavy atom. The molecule has 3 rings (SSSR count). The number of likely N-dealkylation sites (tertiary alicyclic amines) is 1. The highest BCUT2D eigenvalue weighted by Crippen LogP contribution is 2.33. The predicted octanol–water partition coefficient (Wildman–Crippen LogP) is 2.99. The van der Waals surface area contributed by atoms with E-state index in [0.29, 0.717) is 12.5 Å². The quantitative estimate of drug-likeness (QED) is 0.818. The van der Waals surface area contributed by atoms with Gasteiger partial charge in [-0.15, -0.1) is 0 Å². The van der Waals surface area contributed by atoms with E-state index in [1.54, 1.807) is 0 Å². The maximum Gasteiger partial charge on any atom is 0.412 e. The molecule has 30 heavy (non-hydrogen) atoms. The van der Waals surface area contributed by atoms with E-state index in [4.69, 9.17) is 4.74 Å². The van der Waals surface area contributed by atoms with Crippen LogP contribution in [0.2, 0.25) is 0 Å². The van der Waals surface area contributed by atoms with Gasteiger partial charge in [-0.25, -0.2) is 4.79 Å². The number of carbonyl (C=O) groups excluding carboxylic acids is 2. The SMILES string of the molecule is CN1CCN(CC(=O)N2CCC(c3ccccc3NC(=O)OC(C)(C)C)CC2)CC1. The number of anilines is 1. The number of hydrogen-bond donors (Lipinski definition) is 1. The predicted molar refractivity (Wildman–Crippen MR) is 119 cm³/mol. The first-order valence-electron chi connectivity index (χ1n) is 11.0.